The summed E-state index contributed by atoms with van der Waals surface area (Å²) in [6.07, 6.45) is 1.30. The van der Waals surface area contributed by atoms with Gasteiger partial charge in [0.1, 0.15) is 5.82 Å². The molecular weight excluding hydrogens is 228 g/mol. The molecule has 0 amide bonds. The van der Waals surface area contributed by atoms with Gasteiger partial charge in [-0.05, 0) is 18.6 Å². The zero-order valence-corrected chi connectivity index (χ0v) is 10.3. The Hall–Kier alpha value is -1.88. The van der Waals surface area contributed by atoms with Crippen molar-refractivity contribution in [2.75, 3.05) is 30.8 Å². The number of hydrogen-bond donors (Lipinski definition) is 1. The zero-order valence-electron chi connectivity index (χ0n) is 10.3. The average molecular weight is 244 g/mol. The Balaban J connectivity index is 2.06. The summed E-state index contributed by atoms with van der Waals surface area (Å²) < 4.78 is 5.39. The molecule has 18 heavy (non-hydrogen) atoms. The van der Waals surface area contributed by atoms with E-state index in [1.54, 1.807) is 7.11 Å². The minimum atomic E-state index is 0.278. The minimum absolute atomic E-state index is 0.278. The minimum Gasteiger partial charge on any atom is -0.380 e. The topological polar surface area (TPSA) is 64.3 Å². The van der Waals surface area contributed by atoms with Crippen LogP contribution in [0.3, 0.4) is 0 Å². The molecule has 5 heteroatoms. The molecule has 1 saturated heterocycles. The second kappa shape index (κ2) is 4.42. The fourth-order valence-electron chi connectivity index (χ4n) is 2.43. The maximum absolute atomic E-state index is 5.78. The Labute approximate surface area is 106 Å². The number of aromatic nitrogens is 2. The van der Waals surface area contributed by atoms with Gasteiger partial charge in [0, 0.05) is 25.6 Å². The zero-order chi connectivity index (χ0) is 12.5. The van der Waals surface area contributed by atoms with E-state index in [4.69, 9.17) is 10.5 Å². The maximum atomic E-state index is 5.78. The van der Waals surface area contributed by atoms with E-state index in [2.05, 4.69) is 14.9 Å². The van der Waals surface area contributed by atoms with Gasteiger partial charge in [-0.1, -0.05) is 12.1 Å². The van der Waals surface area contributed by atoms with Crippen LogP contribution < -0.4 is 10.6 Å². The van der Waals surface area contributed by atoms with Gasteiger partial charge in [-0.25, -0.2) is 4.98 Å². The van der Waals surface area contributed by atoms with Gasteiger partial charge in [-0.15, -0.1) is 0 Å². The van der Waals surface area contributed by atoms with E-state index in [1.165, 1.54) is 0 Å². The van der Waals surface area contributed by atoms with Crippen LogP contribution in [0.15, 0.2) is 24.3 Å². The predicted molar refractivity (Wildman–Crippen MR) is 71.6 cm³/mol. The number of nitrogens with zero attached hydrogens (tertiary/aromatic N) is 3. The maximum Gasteiger partial charge on any atom is 0.222 e. The number of benzene rings is 1. The van der Waals surface area contributed by atoms with Crippen LogP contribution in [0.4, 0.5) is 11.8 Å². The van der Waals surface area contributed by atoms with E-state index in [0.29, 0.717) is 5.95 Å². The van der Waals surface area contributed by atoms with Gasteiger partial charge in [-0.2, -0.15) is 4.98 Å². The molecule has 1 fully saturated rings. The van der Waals surface area contributed by atoms with Crippen molar-refractivity contribution < 1.29 is 4.74 Å². The highest BCUT2D eigenvalue weighted by atomic mass is 16.5. The van der Waals surface area contributed by atoms with Gasteiger partial charge < -0.3 is 15.4 Å². The van der Waals surface area contributed by atoms with E-state index >= 15 is 0 Å². The van der Waals surface area contributed by atoms with Crippen molar-refractivity contribution in [1.82, 2.24) is 9.97 Å². The SMILES string of the molecule is COC1CCN(c2nc(N)nc3ccccc23)C1. The highest BCUT2D eigenvalue weighted by Crippen LogP contribution is 2.27. The monoisotopic (exact) mass is 244 g/mol. The Bertz CT molecular complexity index is 572. The molecule has 0 saturated carbocycles. The third-order valence-corrected chi connectivity index (χ3v) is 3.38. The van der Waals surface area contributed by atoms with E-state index in [-0.39, 0.29) is 6.10 Å². The molecule has 1 aromatic heterocycles. The summed E-state index contributed by atoms with van der Waals surface area (Å²) in [6.45, 7) is 1.80. The standard InChI is InChI=1S/C13H16N4O/c1-18-9-6-7-17(8-9)12-10-4-2-3-5-11(10)15-13(14)16-12/h2-5,9H,6-8H2,1H3,(H2,14,15,16). The van der Waals surface area contributed by atoms with Gasteiger partial charge in [0.15, 0.2) is 0 Å². The lowest BCUT2D eigenvalue weighted by Gasteiger charge is -2.19. The summed E-state index contributed by atoms with van der Waals surface area (Å²) in [5.41, 5.74) is 6.67. The molecule has 0 bridgehead atoms. The highest BCUT2D eigenvalue weighted by Gasteiger charge is 2.24. The summed E-state index contributed by atoms with van der Waals surface area (Å²) in [6, 6.07) is 7.95. The quantitative estimate of drug-likeness (QED) is 0.866. The van der Waals surface area contributed by atoms with Crippen molar-refractivity contribution in [2.24, 2.45) is 0 Å². The first-order valence-corrected chi connectivity index (χ1v) is 6.08. The van der Waals surface area contributed by atoms with Gasteiger partial charge in [0.2, 0.25) is 5.95 Å². The highest BCUT2D eigenvalue weighted by molar-refractivity contribution is 5.90. The molecule has 1 atom stereocenters. The number of fused-ring (bicyclic) bond motifs is 1. The number of nitrogen functional groups attached to an aromatic ring is 1. The molecule has 3 rings (SSSR count). The van der Waals surface area contributed by atoms with Crippen LogP contribution in [0.25, 0.3) is 10.9 Å². The first-order chi connectivity index (χ1) is 8.78. The Kier molecular flexibility index (Phi) is 2.76. The van der Waals surface area contributed by atoms with Crippen LogP contribution in [0, 0.1) is 0 Å². The number of anilines is 2. The smallest absolute Gasteiger partial charge is 0.222 e. The summed E-state index contributed by atoms with van der Waals surface area (Å²) in [4.78, 5) is 10.9. The molecule has 1 aromatic carbocycles. The van der Waals surface area contributed by atoms with Crippen molar-refractivity contribution in [3.63, 3.8) is 0 Å². The molecule has 2 heterocycles. The van der Waals surface area contributed by atoms with E-state index in [0.717, 1.165) is 36.2 Å². The summed E-state index contributed by atoms with van der Waals surface area (Å²) in [5.74, 6) is 1.24. The van der Waals surface area contributed by atoms with Crippen LogP contribution in [0.5, 0.6) is 0 Å². The van der Waals surface area contributed by atoms with E-state index < -0.39 is 0 Å². The Morgan fingerprint density at radius 1 is 1.33 bits per heavy atom. The first-order valence-electron chi connectivity index (χ1n) is 6.08. The fourth-order valence-corrected chi connectivity index (χ4v) is 2.43. The van der Waals surface area contributed by atoms with Crippen LogP contribution >= 0.6 is 0 Å². The number of ether oxygens (including phenoxy) is 1. The van der Waals surface area contributed by atoms with Crippen LogP contribution in [-0.2, 0) is 4.74 Å². The summed E-state index contributed by atoms with van der Waals surface area (Å²) in [7, 11) is 1.75. The lowest BCUT2D eigenvalue weighted by Crippen LogP contribution is -2.23. The molecule has 5 nitrogen and oxygen atoms in total. The molecule has 0 radical (unpaired) electrons. The number of hydrogen-bond acceptors (Lipinski definition) is 5. The van der Waals surface area contributed by atoms with Gasteiger partial charge >= 0.3 is 0 Å². The summed E-state index contributed by atoms with van der Waals surface area (Å²) in [5, 5.41) is 1.04. The Morgan fingerprint density at radius 3 is 2.94 bits per heavy atom. The largest absolute Gasteiger partial charge is 0.380 e. The predicted octanol–water partition coefficient (Wildman–Crippen LogP) is 1.44. The average Bonchev–Trinajstić information content (AvgIpc) is 2.86. The lowest BCUT2D eigenvalue weighted by atomic mass is 10.2. The van der Waals surface area contributed by atoms with E-state index in [9.17, 15) is 0 Å². The Morgan fingerprint density at radius 2 is 2.17 bits per heavy atom. The number of rotatable bonds is 2. The normalized spacial score (nSPS) is 19.6. The second-order valence-corrected chi connectivity index (χ2v) is 4.51. The molecule has 0 spiro atoms. The second-order valence-electron chi connectivity index (χ2n) is 4.51. The molecule has 94 valence electrons. The molecule has 2 aromatic rings. The van der Waals surface area contributed by atoms with Gasteiger partial charge in [0.05, 0.1) is 11.6 Å². The van der Waals surface area contributed by atoms with Gasteiger partial charge in [0.25, 0.3) is 0 Å². The van der Waals surface area contributed by atoms with Crippen molar-refractivity contribution in [3.8, 4) is 0 Å². The van der Waals surface area contributed by atoms with Crippen molar-refractivity contribution in [2.45, 2.75) is 12.5 Å². The lowest BCUT2D eigenvalue weighted by molar-refractivity contribution is 0.121. The molecule has 0 aliphatic carbocycles. The molecular formula is C13H16N4O. The molecule has 2 N–H and O–H groups in total. The molecule has 1 aliphatic rings. The number of nitrogens with two attached hydrogens (primary N) is 1. The van der Waals surface area contributed by atoms with Crippen molar-refractivity contribution in [3.05, 3.63) is 24.3 Å². The molecule has 1 unspecified atom stereocenters. The van der Waals surface area contributed by atoms with Crippen LogP contribution in [0.2, 0.25) is 0 Å². The third kappa shape index (κ3) is 1.86. The van der Waals surface area contributed by atoms with Gasteiger partial charge in [-0.3, -0.25) is 0 Å². The van der Waals surface area contributed by atoms with Crippen LogP contribution in [-0.4, -0.2) is 36.3 Å². The van der Waals surface area contributed by atoms with Crippen molar-refractivity contribution >= 4 is 22.7 Å². The number of para-hydroxylation sites is 1. The molecule has 1 aliphatic heterocycles. The third-order valence-electron chi connectivity index (χ3n) is 3.38. The first kappa shape index (κ1) is 11.2. The van der Waals surface area contributed by atoms with E-state index in [1.807, 2.05) is 24.3 Å². The van der Waals surface area contributed by atoms with Crippen LogP contribution in [0.1, 0.15) is 6.42 Å². The van der Waals surface area contributed by atoms with Crippen molar-refractivity contribution in [1.29, 1.82) is 0 Å². The number of methoxy groups -OCH3 is 1. The fraction of sp³-hybridized carbons (Fsp3) is 0.385. The summed E-state index contributed by atoms with van der Waals surface area (Å²) >= 11 is 0.